The van der Waals surface area contributed by atoms with Crippen molar-refractivity contribution < 1.29 is 21.5 Å². The fourth-order valence-corrected chi connectivity index (χ4v) is 3.24. The molecule has 0 saturated heterocycles. The van der Waals surface area contributed by atoms with Gasteiger partial charge in [0.25, 0.3) is 0 Å². The molecule has 0 aliphatic carbocycles. The van der Waals surface area contributed by atoms with Crippen molar-refractivity contribution in [2.24, 2.45) is 0 Å². The molecule has 1 aromatic rings. The third-order valence-electron chi connectivity index (χ3n) is 4.97. The number of unbranched alkanes of at least 4 members (excludes halogenated alkanes) is 11. The van der Waals surface area contributed by atoms with Crippen LogP contribution in [0.1, 0.15) is 102 Å². The van der Waals surface area contributed by atoms with Crippen LogP contribution in [0.25, 0.3) is 0 Å². The largest absolute Gasteiger partial charge is 1.00 e. The molecule has 0 unspecified atom stereocenters. The second-order valence-corrected chi connectivity index (χ2v) is 7.11. The predicted octanol–water partition coefficient (Wildman–Crippen LogP) is 3.55. The molecule has 1 heterocycles. The lowest BCUT2D eigenvalue weighted by molar-refractivity contribution is -0.703. The molecule has 0 fully saturated rings. The maximum absolute atomic E-state index is 2.44. The van der Waals surface area contributed by atoms with E-state index in [0.29, 0.717) is 0 Å². The zero-order valence-electron chi connectivity index (χ0n) is 16.5. The fourth-order valence-electron chi connectivity index (χ4n) is 3.24. The molecule has 0 aromatic carbocycles. The number of nitrogens with zero attached hydrogens (tertiary/aromatic N) is 1. The summed E-state index contributed by atoms with van der Waals surface area (Å²) in [7, 11) is 0. The highest BCUT2D eigenvalue weighted by Gasteiger charge is 2.06. The van der Waals surface area contributed by atoms with Crippen molar-refractivity contribution in [2.45, 2.75) is 111 Å². The third kappa shape index (κ3) is 11.2. The van der Waals surface area contributed by atoms with E-state index in [1.807, 2.05) is 0 Å². The highest BCUT2D eigenvalue weighted by atomic mass is 79.9. The molecule has 0 aliphatic rings. The van der Waals surface area contributed by atoms with Crippen molar-refractivity contribution in [1.82, 2.24) is 0 Å². The number of halogens is 1. The number of aryl methyl sites for hydroxylation is 3. The van der Waals surface area contributed by atoms with Crippen molar-refractivity contribution in [1.29, 1.82) is 0 Å². The molecule has 2 heteroatoms. The quantitative estimate of drug-likeness (QED) is 0.333. The highest BCUT2D eigenvalue weighted by molar-refractivity contribution is 5.08. The summed E-state index contributed by atoms with van der Waals surface area (Å²) in [5.74, 6) is 0. The first-order valence-corrected chi connectivity index (χ1v) is 10.3. The smallest absolute Gasteiger partial charge is 0.178 e. The number of hydrogen-bond donors (Lipinski definition) is 0. The van der Waals surface area contributed by atoms with Gasteiger partial charge in [-0.25, -0.2) is 4.57 Å². The van der Waals surface area contributed by atoms with Gasteiger partial charge in [0.1, 0.15) is 6.54 Å². The first-order chi connectivity index (χ1) is 11.3. The van der Waals surface area contributed by atoms with E-state index in [4.69, 9.17) is 0 Å². The molecule has 0 aliphatic heterocycles. The van der Waals surface area contributed by atoms with Gasteiger partial charge in [0, 0.05) is 25.0 Å². The Balaban J connectivity index is 0.00000529. The van der Waals surface area contributed by atoms with E-state index in [-0.39, 0.29) is 17.0 Å². The summed E-state index contributed by atoms with van der Waals surface area (Å²) in [5.41, 5.74) is 2.85. The van der Waals surface area contributed by atoms with Crippen LogP contribution >= 0.6 is 0 Å². The Kier molecular flexibility index (Phi) is 15.9. The van der Waals surface area contributed by atoms with Crippen LogP contribution in [0, 0.1) is 6.92 Å². The summed E-state index contributed by atoms with van der Waals surface area (Å²) < 4.78 is 2.44. The second-order valence-electron chi connectivity index (χ2n) is 7.11. The van der Waals surface area contributed by atoms with Gasteiger partial charge in [-0.1, -0.05) is 78.1 Å². The Labute approximate surface area is 162 Å². The minimum Gasteiger partial charge on any atom is -1.00 e. The van der Waals surface area contributed by atoms with Gasteiger partial charge in [-0.2, -0.15) is 0 Å². The molecule has 0 N–H and O–H groups in total. The second kappa shape index (κ2) is 16.1. The van der Waals surface area contributed by atoms with Gasteiger partial charge in [0.15, 0.2) is 11.9 Å². The topological polar surface area (TPSA) is 3.88 Å². The molecular weight excluding hydrogens is 358 g/mol. The Hall–Kier alpha value is -0.370. The Morgan fingerprint density at radius 3 is 1.71 bits per heavy atom. The molecule has 0 spiro atoms. The van der Waals surface area contributed by atoms with Gasteiger partial charge in [-0.15, -0.1) is 0 Å². The van der Waals surface area contributed by atoms with Crippen molar-refractivity contribution in [3.05, 3.63) is 29.6 Å². The minimum atomic E-state index is 0. The lowest BCUT2D eigenvalue weighted by Crippen LogP contribution is -3.00. The first kappa shape index (κ1) is 23.6. The van der Waals surface area contributed by atoms with E-state index in [1.165, 1.54) is 94.9 Å². The molecule has 24 heavy (non-hydrogen) atoms. The first-order valence-electron chi connectivity index (χ1n) is 10.3. The molecule has 0 bridgehead atoms. The number of rotatable bonds is 14. The SMILES string of the molecule is CCCCCCCCCCCCCC[n+]1cc(CC)ccc1C.[Br-]. The summed E-state index contributed by atoms with van der Waals surface area (Å²) >= 11 is 0. The van der Waals surface area contributed by atoms with Gasteiger partial charge in [-0.05, 0) is 18.9 Å². The lowest BCUT2D eigenvalue weighted by atomic mass is 10.1. The Bertz CT molecular complexity index is 403. The van der Waals surface area contributed by atoms with Crippen LogP contribution in [0.5, 0.6) is 0 Å². The summed E-state index contributed by atoms with van der Waals surface area (Å²) in [5, 5.41) is 0. The summed E-state index contributed by atoms with van der Waals surface area (Å²) in [6, 6.07) is 4.52. The van der Waals surface area contributed by atoms with E-state index in [2.05, 4.69) is 43.7 Å². The van der Waals surface area contributed by atoms with Crippen LogP contribution in [0.3, 0.4) is 0 Å². The van der Waals surface area contributed by atoms with E-state index in [1.54, 1.807) is 0 Å². The summed E-state index contributed by atoms with van der Waals surface area (Å²) in [6.07, 6.45) is 20.6. The average molecular weight is 398 g/mol. The molecule has 1 rings (SSSR count). The van der Waals surface area contributed by atoms with Crippen molar-refractivity contribution in [2.75, 3.05) is 0 Å². The zero-order valence-corrected chi connectivity index (χ0v) is 18.0. The molecule has 140 valence electrons. The van der Waals surface area contributed by atoms with Crippen molar-refractivity contribution in [3.8, 4) is 0 Å². The molecule has 0 saturated carbocycles. The van der Waals surface area contributed by atoms with Gasteiger partial charge < -0.3 is 17.0 Å². The predicted molar refractivity (Wildman–Crippen MR) is 102 cm³/mol. The maximum Gasteiger partial charge on any atom is 0.178 e. The maximum atomic E-state index is 2.44. The standard InChI is InChI=1S/C22H40N.BrH/c1-4-6-7-8-9-10-11-12-13-14-15-16-19-23-20-22(5-2)18-17-21(23)3;/h17-18,20H,4-16,19H2,1-3H3;1H/q+1;/p-1. The lowest BCUT2D eigenvalue weighted by Gasteiger charge is -2.04. The molecule has 1 nitrogen and oxygen atoms in total. The number of aromatic nitrogens is 1. The van der Waals surface area contributed by atoms with Crippen LogP contribution in [0.2, 0.25) is 0 Å². The number of hydrogen-bond acceptors (Lipinski definition) is 0. The van der Waals surface area contributed by atoms with Crippen LogP contribution < -0.4 is 21.5 Å². The van der Waals surface area contributed by atoms with Gasteiger partial charge in [0.05, 0.1) is 0 Å². The summed E-state index contributed by atoms with van der Waals surface area (Å²) in [4.78, 5) is 0. The van der Waals surface area contributed by atoms with E-state index >= 15 is 0 Å². The molecule has 0 radical (unpaired) electrons. The molecule has 1 aromatic heterocycles. The van der Waals surface area contributed by atoms with E-state index < -0.39 is 0 Å². The van der Waals surface area contributed by atoms with Crippen LogP contribution in [0.4, 0.5) is 0 Å². The molecule has 0 amide bonds. The number of pyridine rings is 1. The third-order valence-corrected chi connectivity index (χ3v) is 4.97. The van der Waals surface area contributed by atoms with Crippen molar-refractivity contribution in [3.63, 3.8) is 0 Å². The fraction of sp³-hybridized carbons (Fsp3) is 0.773. The van der Waals surface area contributed by atoms with Crippen molar-refractivity contribution >= 4 is 0 Å². The molecule has 0 atom stereocenters. The molecular formula is C22H40BrN. The van der Waals surface area contributed by atoms with Crippen LogP contribution in [0.15, 0.2) is 18.3 Å². The van der Waals surface area contributed by atoms with E-state index in [0.717, 1.165) is 6.42 Å². The monoisotopic (exact) mass is 397 g/mol. The van der Waals surface area contributed by atoms with Crippen LogP contribution in [-0.2, 0) is 13.0 Å². The van der Waals surface area contributed by atoms with E-state index in [9.17, 15) is 0 Å². The van der Waals surface area contributed by atoms with Gasteiger partial charge >= 0.3 is 0 Å². The van der Waals surface area contributed by atoms with Crippen LogP contribution in [-0.4, -0.2) is 0 Å². The minimum absolute atomic E-state index is 0. The summed E-state index contributed by atoms with van der Waals surface area (Å²) in [6.45, 7) is 7.94. The zero-order chi connectivity index (χ0) is 16.8. The van der Waals surface area contributed by atoms with Gasteiger partial charge in [0.2, 0.25) is 0 Å². The van der Waals surface area contributed by atoms with Gasteiger partial charge in [-0.3, -0.25) is 0 Å². The highest BCUT2D eigenvalue weighted by Crippen LogP contribution is 2.12. The normalized spacial score (nSPS) is 10.6. The average Bonchev–Trinajstić information content (AvgIpc) is 2.57. The Morgan fingerprint density at radius 1 is 0.708 bits per heavy atom. The Morgan fingerprint density at radius 2 is 1.21 bits per heavy atom.